The third-order valence-electron chi connectivity index (χ3n) is 3.69. The summed E-state index contributed by atoms with van der Waals surface area (Å²) in [7, 11) is 1.77. The Kier molecular flexibility index (Phi) is 5.66. The highest BCUT2D eigenvalue weighted by Gasteiger charge is 2.28. The minimum absolute atomic E-state index is 0.180. The van der Waals surface area contributed by atoms with Gasteiger partial charge in [0.25, 0.3) is 0 Å². The summed E-state index contributed by atoms with van der Waals surface area (Å²) in [6.45, 7) is 8.47. The second kappa shape index (κ2) is 6.64. The first-order valence-electron chi connectivity index (χ1n) is 6.91. The van der Waals surface area contributed by atoms with Crippen LogP contribution >= 0.6 is 11.8 Å². The molecule has 1 unspecified atom stereocenters. The van der Waals surface area contributed by atoms with Gasteiger partial charge in [-0.1, -0.05) is 32.9 Å². The average molecular weight is 294 g/mol. The van der Waals surface area contributed by atoms with E-state index in [-0.39, 0.29) is 11.3 Å². The van der Waals surface area contributed by atoms with E-state index < -0.39 is 5.54 Å². The van der Waals surface area contributed by atoms with Crippen LogP contribution in [0.3, 0.4) is 0 Å². The molecule has 0 aliphatic heterocycles. The van der Waals surface area contributed by atoms with Crippen molar-refractivity contribution >= 4 is 17.7 Å². The Morgan fingerprint density at radius 1 is 1.20 bits per heavy atom. The molecule has 0 saturated carbocycles. The largest absolute Gasteiger partial charge is 0.368 e. The second-order valence-electron chi connectivity index (χ2n) is 6.32. The summed E-state index contributed by atoms with van der Waals surface area (Å²) >= 11 is 1.75. The normalized spacial score (nSPS) is 14.8. The van der Waals surface area contributed by atoms with Gasteiger partial charge in [0.05, 0.1) is 5.54 Å². The maximum atomic E-state index is 11.4. The molecule has 0 bridgehead atoms. The monoisotopic (exact) mass is 294 g/mol. The van der Waals surface area contributed by atoms with Gasteiger partial charge in [-0.3, -0.25) is 4.79 Å². The summed E-state index contributed by atoms with van der Waals surface area (Å²) in [4.78, 5) is 12.6. The molecule has 112 valence electrons. The molecule has 0 spiro atoms. The van der Waals surface area contributed by atoms with Gasteiger partial charge in [-0.15, -0.1) is 11.8 Å². The van der Waals surface area contributed by atoms with Crippen molar-refractivity contribution in [1.82, 2.24) is 5.32 Å². The number of nitrogens with two attached hydrogens (primary N) is 1. The van der Waals surface area contributed by atoms with Crippen LogP contribution in [0.15, 0.2) is 29.2 Å². The van der Waals surface area contributed by atoms with Crippen LogP contribution in [0.25, 0.3) is 0 Å². The molecule has 0 aliphatic rings. The quantitative estimate of drug-likeness (QED) is 0.793. The molecule has 3 N–H and O–H groups in total. The van der Waals surface area contributed by atoms with Crippen LogP contribution < -0.4 is 11.1 Å². The predicted octanol–water partition coefficient (Wildman–Crippen LogP) is 2.93. The number of hydrogen-bond acceptors (Lipinski definition) is 3. The minimum Gasteiger partial charge on any atom is -0.368 e. The highest BCUT2D eigenvalue weighted by molar-refractivity contribution is 7.99. The lowest BCUT2D eigenvalue weighted by Gasteiger charge is -2.25. The van der Waals surface area contributed by atoms with Crippen molar-refractivity contribution in [3.8, 4) is 0 Å². The number of primary amides is 1. The van der Waals surface area contributed by atoms with E-state index in [1.807, 2.05) is 6.92 Å². The maximum Gasteiger partial charge on any atom is 0.237 e. The zero-order chi connectivity index (χ0) is 15.4. The molecule has 4 heteroatoms. The summed E-state index contributed by atoms with van der Waals surface area (Å²) in [5.74, 6) is 0.554. The third-order valence-corrected chi connectivity index (χ3v) is 4.70. The number of hydrogen-bond donors (Lipinski definition) is 2. The van der Waals surface area contributed by atoms with E-state index in [0.717, 1.165) is 5.75 Å². The molecule has 0 saturated heterocycles. The van der Waals surface area contributed by atoms with Crippen molar-refractivity contribution in [2.75, 3.05) is 12.8 Å². The number of carbonyl (C=O) groups excluding carboxylic acids is 1. The summed E-state index contributed by atoms with van der Waals surface area (Å²) in [5.41, 5.74) is 6.30. The molecule has 0 heterocycles. The van der Waals surface area contributed by atoms with Gasteiger partial charge in [-0.25, -0.2) is 0 Å². The molecule has 1 rings (SSSR count). The van der Waals surface area contributed by atoms with E-state index >= 15 is 0 Å². The van der Waals surface area contributed by atoms with Gasteiger partial charge in [0.2, 0.25) is 5.91 Å². The van der Waals surface area contributed by atoms with Crippen molar-refractivity contribution < 1.29 is 4.79 Å². The molecule has 1 amide bonds. The predicted molar refractivity (Wildman–Crippen MR) is 87.1 cm³/mol. The smallest absolute Gasteiger partial charge is 0.237 e. The zero-order valence-electron chi connectivity index (χ0n) is 13.1. The van der Waals surface area contributed by atoms with Gasteiger partial charge >= 0.3 is 0 Å². The Bertz CT molecular complexity index is 451. The average Bonchev–Trinajstić information content (AvgIpc) is 2.37. The lowest BCUT2D eigenvalue weighted by Crippen LogP contribution is -2.51. The summed E-state index contributed by atoms with van der Waals surface area (Å²) in [6, 6.07) is 8.64. The van der Waals surface area contributed by atoms with Gasteiger partial charge in [-0.2, -0.15) is 0 Å². The van der Waals surface area contributed by atoms with Crippen LogP contribution in [-0.4, -0.2) is 24.2 Å². The standard InChI is InChI=1S/C16H26N2OS/c1-15(2,3)12-6-8-13(9-7-12)20-11-10-16(4,18-5)14(17)19/h6-9,18H,10-11H2,1-5H3,(H2,17,19). The van der Waals surface area contributed by atoms with Crippen molar-refractivity contribution in [2.45, 2.75) is 50.0 Å². The fourth-order valence-corrected chi connectivity index (χ4v) is 2.87. The van der Waals surface area contributed by atoms with E-state index in [2.05, 4.69) is 50.4 Å². The zero-order valence-corrected chi connectivity index (χ0v) is 13.9. The second-order valence-corrected chi connectivity index (χ2v) is 7.49. The van der Waals surface area contributed by atoms with E-state index in [0.29, 0.717) is 6.42 Å². The topological polar surface area (TPSA) is 55.1 Å². The Morgan fingerprint density at radius 2 is 1.75 bits per heavy atom. The molecule has 0 radical (unpaired) electrons. The van der Waals surface area contributed by atoms with Gasteiger partial charge < -0.3 is 11.1 Å². The van der Waals surface area contributed by atoms with Crippen molar-refractivity contribution in [3.05, 3.63) is 29.8 Å². The summed E-state index contributed by atoms with van der Waals surface area (Å²) in [5, 5.41) is 3.01. The SMILES string of the molecule is CNC(C)(CCSc1ccc(C(C)(C)C)cc1)C(N)=O. The van der Waals surface area contributed by atoms with Crippen molar-refractivity contribution in [3.63, 3.8) is 0 Å². The van der Waals surface area contributed by atoms with Crippen LogP contribution in [0.4, 0.5) is 0 Å². The van der Waals surface area contributed by atoms with Crippen molar-refractivity contribution in [1.29, 1.82) is 0 Å². The molecule has 0 fully saturated rings. The van der Waals surface area contributed by atoms with E-state index in [1.54, 1.807) is 18.8 Å². The van der Waals surface area contributed by atoms with Crippen LogP contribution in [0.1, 0.15) is 39.7 Å². The molecule has 1 aromatic carbocycles. The van der Waals surface area contributed by atoms with E-state index in [9.17, 15) is 4.79 Å². The molecule has 1 aromatic rings. The molecule has 3 nitrogen and oxygen atoms in total. The van der Waals surface area contributed by atoms with Crippen LogP contribution in [0.2, 0.25) is 0 Å². The minimum atomic E-state index is -0.627. The highest BCUT2D eigenvalue weighted by Crippen LogP contribution is 2.26. The highest BCUT2D eigenvalue weighted by atomic mass is 32.2. The lowest BCUT2D eigenvalue weighted by molar-refractivity contribution is -0.123. The number of likely N-dealkylation sites (N-methyl/N-ethyl adjacent to an activating group) is 1. The number of amides is 1. The van der Waals surface area contributed by atoms with Crippen molar-refractivity contribution in [2.24, 2.45) is 5.73 Å². The first kappa shape index (κ1) is 17.1. The Labute approximate surface area is 126 Å². The van der Waals surface area contributed by atoms with Gasteiger partial charge in [0.15, 0.2) is 0 Å². The maximum absolute atomic E-state index is 11.4. The Hall–Kier alpha value is -1.00. The van der Waals surface area contributed by atoms with Gasteiger partial charge in [-0.05, 0) is 43.5 Å². The fraction of sp³-hybridized carbons (Fsp3) is 0.562. The number of benzene rings is 1. The molecular formula is C16H26N2OS. The number of nitrogens with one attached hydrogen (secondary N) is 1. The lowest BCUT2D eigenvalue weighted by atomic mass is 9.87. The Balaban J connectivity index is 2.57. The van der Waals surface area contributed by atoms with E-state index in [1.165, 1.54) is 10.5 Å². The summed E-state index contributed by atoms with van der Waals surface area (Å²) < 4.78 is 0. The van der Waals surface area contributed by atoms with Crippen LogP contribution in [0.5, 0.6) is 0 Å². The van der Waals surface area contributed by atoms with Crippen LogP contribution in [-0.2, 0) is 10.2 Å². The molecule has 0 aromatic heterocycles. The fourth-order valence-electron chi connectivity index (χ4n) is 1.80. The molecule has 0 aliphatic carbocycles. The van der Waals surface area contributed by atoms with E-state index in [4.69, 9.17) is 5.73 Å². The van der Waals surface area contributed by atoms with Gasteiger partial charge in [0, 0.05) is 10.6 Å². The first-order valence-corrected chi connectivity index (χ1v) is 7.90. The third kappa shape index (κ3) is 4.53. The number of rotatable bonds is 6. The van der Waals surface area contributed by atoms with Gasteiger partial charge in [0.1, 0.15) is 0 Å². The molecular weight excluding hydrogens is 268 g/mol. The number of thioether (sulfide) groups is 1. The first-order chi connectivity index (χ1) is 9.19. The molecule has 20 heavy (non-hydrogen) atoms. The number of carbonyl (C=O) groups is 1. The Morgan fingerprint density at radius 3 is 2.15 bits per heavy atom. The summed E-state index contributed by atoms with van der Waals surface area (Å²) in [6.07, 6.45) is 0.713. The molecule has 1 atom stereocenters. The van der Waals surface area contributed by atoms with Crippen LogP contribution in [0, 0.1) is 0 Å².